The summed E-state index contributed by atoms with van der Waals surface area (Å²) >= 11 is 0. The highest BCUT2D eigenvalue weighted by molar-refractivity contribution is 6.10. The molecule has 1 fully saturated rings. The van der Waals surface area contributed by atoms with Crippen molar-refractivity contribution >= 4 is 28.9 Å². The SMILES string of the molecule is COc1cc2c(C(=O)O)c(-c3ccc(F)cc3)oc2cc1C1(C)NC(=O)NC1=O. The Bertz CT molecular complexity index is 1180. The van der Waals surface area contributed by atoms with E-state index in [9.17, 15) is 23.9 Å². The molecule has 0 spiro atoms. The zero-order valence-corrected chi connectivity index (χ0v) is 15.3. The van der Waals surface area contributed by atoms with Gasteiger partial charge in [0, 0.05) is 16.5 Å². The number of carboxylic acid groups (broad SMARTS) is 1. The minimum atomic E-state index is -1.43. The van der Waals surface area contributed by atoms with Crippen LogP contribution in [0.25, 0.3) is 22.3 Å². The number of fused-ring (bicyclic) bond motifs is 1. The van der Waals surface area contributed by atoms with E-state index in [2.05, 4.69) is 10.6 Å². The number of imide groups is 1. The maximum absolute atomic E-state index is 13.3. The Morgan fingerprint density at radius 1 is 1.21 bits per heavy atom. The molecule has 1 aliphatic rings. The summed E-state index contributed by atoms with van der Waals surface area (Å²) in [5.74, 6) is -2.05. The molecule has 1 aliphatic heterocycles. The van der Waals surface area contributed by atoms with Gasteiger partial charge in [-0.1, -0.05) is 0 Å². The molecule has 148 valence electrons. The molecule has 9 heteroatoms. The van der Waals surface area contributed by atoms with Gasteiger partial charge in [0.25, 0.3) is 5.91 Å². The Labute approximate surface area is 163 Å². The zero-order valence-electron chi connectivity index (χ0n) is 15.3. The summed E-state index contributed by atoms with van der Waals surface area (Å²) in [7, 11) is 1.37. The fraction of sp³-hybridized carbons (Fsp3) is 0.150. The number of carboxylic acids is 1. The van der Waals surface area contributed by atoms with Crippen LogP contribution in [0, 0.1) is 5.82 Å². The molecule has 1 aromatic heterocycles. The minimum absolute atomic E-state index is 0.0387. The number of halogens is 1. The number of benzene rings is 2. The highest BCUT2D eigenvalue weighted by Gasteiger charge is 2.45. The monoisotopic (exact) mass is 398 g/mol. The van der Waals surface area contributed by atoms with Gasteiger partial charge in [0.15, 0.2) is 0 Å². The number of furan rings is 1. The van der Waals surface area contributed by atoms with Gasteiger partial charge in [-0.15, -0.1) is 0 Å². The van der Waals surface area contributed by atoms with E-state index in [1.165, 1.54) is 50.4 Å². The van der Waals surface area contributed by atoms with E-state index in [1.54, 1.807) is 0 Å². The second-order valence-corrected chi connectivity index (χ2v) is 6.70. The van der Waals surface area contributed by atoms with Crippen LogP contribution in [0.3, 0.4) is 0 Å². The van der Waals surface area contributed by atoms with Crippen LogP contribution in [-0.2, 0) is 10.3 Å². The van der Waals surface area contributed by atoms with Crippen LogP contribution >= 0.6 is 0 Å². The lowest BCUT2D eigenvalue weighted by Crippen LogP contribution is -2.40. The Morgan fingerprint density at radius 3 is 2.45 bits per heavy atom. The predicted octanol–water partition coefficient (Wildman–Crippen LogP) is 3.00. The van der Waals surface area contributed by atoms with Crippen molar-refractivity contribution in [3.8, 4) is 17.1 Å². The van der Waals surface area contributed by atoms with E-state index in [0.717, 1.165) is 0 Å². The number of aromatic carboxylic acids is 1. The molecule has 1 unspecified atom stereocenters. The normalized spacial score (nSPS) is 18.6. The van der Waals surface area contributed by atoms with E-state index >= 15 is 0 Å². The third-order valence-electron chi connectivity index (χ3n) is 4.91. The number of urea groups is 1. The largest absolute Gasteiger partial charge is 0.496 e. The number of ether oxygens (including phenoxy) is 1. The van der Waals surface area contributed by atoms with Crippen LogP contribution in [0.2, 0.25) is 0 Å². The van der Waals surface area contributed by atoms with E-state index in [1.807, 2.05) is 0 Å². The molecule has 0 saturated carbocycles. The Hall–Kier alpha value is -3.88. The molecule has 0 radical (unpaired) electrons. The summed E-state index contributed by atoms with van der Waals surface area (Å²) in [5, 5.41) is 14.7. The van der Waals surface area contributed by atoms with Crippen molar-refractivity contribution in [3.05, 3.63) is 53.3 Å². The topological polar surface area (TPSA) is 118 Å². The first-order chi connectivity index (χ1) is 13.7. The quantitative estimate of drug-likeness (QED) is 0.582. The number of hydrogen-bond donors (Lipinski definition) is 3. The van der Waals surface area contributed by atoms with Crippen LogP contribution < -0.4 is 15.4 Å². The molecule has 2 aromatic carbocycles. The maximum Gasteiger partial charge on any atom is 0.340 e. The summed E-state index contributed by atoms with van der Waals surface area (Å²) in [6.07, 6.45) is 0. The van der Waals surface area contributed by atoms with E-state index in [-0.39, 0.29) is 28.0 Å². The van der Waals surface area contributed by atoms with Gasteiger partial charge in [0.2, 0.25) is 0 Å². The predicted molar refractivity (Wildman–Crippen MR) is 99.1 cm³/mol. The van der Waals surface area contributed by atoms with Crippen molar-refractivity contribution < 1.29 is 33.0 Å². The molecule has 0 aliphatic carbocycles. The highest BCUT2D eigenvalue weighted by Crippen LogP contribution is 2.41. The number of rotatable bonds is 4. The third-order valence-corrected chi connectivity index (χ3v) is 4.91. The lowest BCUT2D eigenvalue weighted by molar-refractivity contribution is -0.123. The van der Waals surface area contributed by atoms with Crippen LogP contribution in [0.5, 0.6) is 5.75 Å². The molecular weight excluding hydrogens is 383 g/mol. The van der Waals surface area contributed by atoms with Crippen LogP contribution in [-0.4, -0.2) is 30.1 Å². The molecule has 1 atom stereocenters. The first-order valence-electron chi connectivity index (χ1n) is 8.52. The van der Waals surface area contributed by atoms with Crippen molar-refractivity contribution in [3.63, 3.8) is 0 Å². The van der Waals surface area contributed by atoms with Crippen molar-refractivity contribution in [1.82, 2.24) is 10.6 Å². The van der Waals surface area contributed by atoms with Crippen LogP contribution in [0.4, 0.5) is 9.18 Å². The molecule has 3 aromatic rings. The molecule has 29 heavy (non-hydrogen) atoms. The number of carbonyl (C=O) groups excluding carboxylic acids is 2. The zero-order chi connectivity index (χ0) is 20.9. The first-order valence-corrected chi connectivity index (χ1v) is 8.52. The average Bonchev–Trinajstić information content (AvgIpc) is 3.17. The van der Waals surface area contributed by atoms with Crippen molar-refractivity contribution in [2.45, 2.75) is 12.5 Å². The lowest BCUT2D eigenvalue weighted by Gasteiger charge is -2.23. The fourth-order valence-corrected chi connectivity index (χ4v) is 3.43. The molecule has 8 nitrogen and oxygen atoms in total. The van der Waals surface area contributed by atoms with Gasteiger partial charge in [-0.25, -0.2) is 14.0 Å². The third kappa shape index (κ3) is 2.78. The maximum atomic E-state index is 13.3. The molecule has 0 bridgehead atoms. The van der Waals surface area contributed by atoms with Gasteiger partial charge >= 0.3 is 12.0 Å². The van der Waals surface area contributed by atoms with Gasteiger partial charge in [0.1, 0.15) is 34.0 Å². The van der Waals surface area contributed by atoms with E-state index < -0.39 is 29.3 Å². The summed E-state index contributed by atoms with van der Waals surface area (Å²) < 4.78 is 24.4. The second kappa shape index (κ2) is 6.33. The van der Waals surface area contributed by atoms with Crippen molar-refractivity contribution in [1.29, 1.82) is 0 Å². The Kier molecular flexibility index (Phi) is 4.04. The molecule has 1 saturated heterocycles. The highest BCUT2D eigenvalue weighted by atomic mass is 19.1. The fourth-order valence-electron chi connectivity index (χ4n) is 3.43. The molecule has 4 rings (SSSR count). The van der Waals surface area contributed by atoms with E-state index in [0.29, 0.717) is 11.1 Å². The summed E-state index contributed by atoms with van der Waals surface area (Å²) in [5.41, 5.74) is -0.705. The molecule has 3 amide bonds. The summed E-state index contributed by atoms with van der Waals surface area (Å²) in [6.45, 7) is 1.50. The number of amides is 3. The molecule has 2 heterocycles. The van der Waals surface area contributed by atoms with Crippen molar-refractivity contribution in [2.75, 3.05) is 7.11 Å². The van der Waals surface area contributed by atoms with Crippen molar-refractivity contribution in [2.24, 2.45) is 0 Å². The summed E-state index contributed by atoms with van der Waals surface area (Å²) in [6, 6.07) is 7.44. The molecular formula is C20H15FN2O6. The van der Waals surface area contributed by atoms with Crippen LogP contribution in [0.15, 0.2) is 40.8 Å². The number of hydrogen-bond acceptors (Lipinski definition) is 5. The number of nitrogens with one attached hydrogen (secondary N) is 2. The lowest BCUT2D eigenvalue weighted by atomic mass is 9.90. The second-order valence-electron chi connectivity index (χ2n) is 6.70. The summed E-state index contributed by atoms with van der Waals surface area (Å²) in [4.78, 5) is 35.9. The number of methoxy groups -OCH3 is 1. The first kappa shape index (κ1) is 18.5. The van der Waals surface area contributed by atoms with Gasteiger partial charge in [0.05, 0.1) is 7.11 Å². The van der Waals surface area contributed by atoms with Gasteiger partial charge in [-0.05, 0) is 43.3 Å². The average molecular weight is 398 g/mol. The Morgan fingerprint density at radius 2 is 1.90 bits per heavy atom. The van der Waals surface area contributed by atoms with Crippen LogP contribution in [0.1, 0.15) is 22.8 Å². The smallest absolute Gasteiger partial charge is 0.340 e. The van der Waals surface area contributed by atoms with Gasteiger partial charge in [-0.2, -0.15) is 0 Å². The van der Waals surface area contributed by atoms with E-state index in [4.69, 9.17) is 9.15 Å². The molecule has 3 N–H and O–H groups in total. The van der Waals surface area contributed by atoms with Gasteiger partial charge < -0.3 is 19.6 Å². The minimum Gasteiger partial charge on any atom is -0.496 e. The van der Waals surface area contributed by atoms with Gasteiger partial charge in [-0.3, -0.25) is 10.1 Å². The number of carbonyl (C=O) groups is 3. The Balaban J connectivity index is 1.99. The standard InChI is InChI=1S/C20H15FN2O6/c1-20(18(26)22-19(27)23-20)12-8-13-11(7-14(12)28-2)15(17(24)25)16(29-13)9-3-5-10(21)6-4-9/h3-8H,1-2H3,(H,24,25)(H2,22,23,26,27).